The summed E-state index contributed by atoms with van der Waals surface area (Å²) in [7, 11) is -2.08. The van der Waals surface area contributed by atoms with Gasteiger partial charge in [-0.2, -0.15) is 0 Å². The van der Waals surface area contributed by atoms with Crippen LogP contribution in [0, 0.1) is 5.82 Å². The van der Waals surface area contributed by atoms with E-state index < -0.39 is 10.0 Å². The quantitative estimate of drug-likeness (QED) is 0.557. The maximum atomic E-state index is 13.5. The molecule has 124 valence electrons. The maximum absolute atomic E-state index is 13.5. The van der Waals surface area contributed by atoms with E-state index in [9.17, 15) is 12.8 Å². The van der Waals surface area contributed by atoms with Gasteiger partial charge in [0.15, 0.2) is 5.96 Å². The van der Waals surface area contributed by atoms with Crippen LogP contribution in [-0.2, 0) is 23.1 Å². The summed E-state index contributed by atoms with van der Waals surface area (Å²) in [4.78, 5) is 4.83. The molecule has 1 heterocycles. The van der Waals surface area contributed by atoms with Crippen molar-refractivity contribution in [1.29, 1.82) is 0 Å². The number of primary sulfonamides is 1. The molecule has 0 radical (unpaired) electrons. The molecular weight excluding hydrogens is 339 g/mol. The van der Waals surface area contributed by atoms with E-state index in [2.05, 4.69) is 15.6 Å². The van der Waals surface area contributed by atoms with E-state index in [1.807, 2.05) is 0 Å². The summed E-state index contributed by atoms with van der Waals surface area (Å²) >= 11 is 1.09. The highest BCUT2D eigenvalue weighted by Gasteiger charge is 2.11. The zero-order valence-corrected chi connectivity index (χ0v) is 14.0. The standard InChI is InChI=1S/C14H17FN4O2S2/c1-17-14(18-8-10-4-2-3-5-12(10)15)19-9-11-6-7-13(22-11)23(16,20)21/h2-7H,8-9H2,1H3,(H2,16,20,21)(H2,17,18,19). The van der Waals surface area contributed by atoms with Gasteiger partial charge in [-0.1, -0.05) is 18.2 Å². The smallest absolute Gasteiger partial charge is 0.247 e. The van der Waals surface area contributed by atoms with Crippen molar-refractivity contribution in [2.45, 2.75) is 17.3 Å². The van der Waals surface area contributed by atoms with Gasteiger partial charge in [0.2, 0.25) is 10.0 Å². The van der Waals surface area contributed by atoms with Crippen molar-refractivity contribution >= 4 is 27.3 Å². The van der Waals surface area contributed by atoms with Crippen molar-refractivity contribution in [3.63, 3.8) is 0 Å². The van der Waals surface area contributed by atoms with Crippen molar-refractivity contribution in [2.75, 3.05) is 7.05 Å². The minimum atomic E-state index is -3.67. The van der Waals surface area contributed by atoms with Crippen LogP contribution in [0.5, 0.6) is 0 Å². The Balaban J connectivity index is 1.91. The molecule has 1 aromatic heterocycles. The molecule has 0 amide bonds. The number of rotatable bonds is 5. The first-order valence-electron chi connectivity index (χ1n) is 6.69. The third-order valence-corrected chi connectivity index (χ3v) is 5.50. The van der Waals surface area contributed by atoms with Gasteiger partial charge >= 0.3 is 0 Å². The maximum Gasteiger partial charge on any atom is 0.247 e. The highest BCUT2D eigenvalue weighted by atomic mass is 32.2. The molecule has 2 aromatic rings. The molecule has 1 aromatic carbocycles. The van der Waals surface area contributed by atoms with Gasteiger partial charge in [-0.3, -0.25) is 4.99 Å². The second kappa shape index (κ2) is 7.53. The molecule has 0 aliphatic rings. The number of sulfonamides is 1. The largest absolute Gasteiger partial charge is 0.352 e. The van der Waals surface area contributed by atoms with Gasteiger partial charge in [0, 0.05) is 24.0 Å². The number of nitrogens with two attached hydrogens (primary N) is 1. The molecule has 0 aliphatic carbocycles. The van der Waals surface area contributed by atoms with E-state index in [-0.39, 0.29) is 10.0 Å². The van der Waals surface area contributed by atoms with E-state index >= 15 is 0 Å². The lowest BCUT2D eigenvalue weighted by molar-refractivity contribution is 0.599. The molecule has 0 fully saturated rings. The third kappa shape index (κ3) is 5.02. The number of nitrogens with one attached hydrogen (secondary N) is 2. The monoisotopic (exact) mass is 356 g/mol. The average Bonchev–Trinajstić information content (AvgIpc) is 2.98. The van der Waals surface area contributed by atoms with Crippen LogP contribution in [0.25, 0.3) is 0 Å². The minimum absolute atomic E-state index is 0.114. The van der Waals surface area contributed by atoms with Crippen molar-refractivity contribution in [3.8, 4) is 0 Å². The number of hydrogen-bond acceptors (Lipinski definition) is 4. The van der Waals surface area contributed by atoms with Crippen molar-refractivity contribution < 1.29 is 12.8 Å². The van der Waals surface area contributed by atoms with Gasteiger partial charge in [-0.25, -0.2) is 17.9 Å². The molecular formula is C14H17FN4O2S2. The molecule has 0 aliphatic heterocycles. The molecule has 0 saturated carbocycles. The Hall–Kier alpha value is -1.97. The fourth-order valence-electron chi connectivity index (χ4n) is 1.82. The molecule has 2 rings (SSSR count). The summed E-state index contributed by atoms with van der Waals surface area (Å²) < 4.78 is 36.1. The number of aliphatic imine (C=N–C) groups is 1. The summed E-state index contributed by atoms with van der Waals surface area (Å²) in [5.74, 6) is 0.199. The summed E-state index contributed by atoms with van der Waals surface area (Å²) in [5.41, 5.74) is 0.531. The summed E-state index contributed by atoms with van der Waals surface area (Å²) in [6.07, 6.45) is 0. The number of hydrogen-bond donors (Lipinski definition) is 3. The normalized spacial score (nSPS) is 12.2. The van der Waals surface area contributed by atoms with Gasteiger partial charge in [-0.05, 0) is 18.2 Å². The molecule has 23 heavy (non-hydrogen) atoms. The Labute approximate surface area is 138 Å². The SMILES string of the molecule is CN=C(NCc1ccc(S(N)(=O)=O)s1)NCc1ccccc1F. The lowest BCUT2D eigenvalue weighted by atomic mass is 10.2. The first kappa shape index (κ1) is 17.4. The molecule has 4 N–H and O–H groups in total. The predicted molar refractivity (Wildman–Crippen MR) is 89.1 cm³/mol. The molecule has 0 spiro atoms. The second-order valence-electron chi connectivity index (χ2n) is 4.64. The van der Waals surface area contributed by atoms with Gasteiger partial charge in [0.05, 0.1) is 6.54 Å². The first-order chi connectivity index (χ1) is 10.9. The molecule has 0 bridgehead atoms. The van der Waals surface area contributed by atoms with E-state index in [0.717, 1.165) is 16.2 Å². The lowest BCUT2D eigenvalue weighted by Gasteiger charge is -2.11. The Morgan fingerprint density at radius 2 is 1.91 bits per heavy atom. The van der Waals surface area contributed by atoms with Gasteiger partial charge in [-0.15, -0.1) is 11.3 Å². The van der Waals surface area contributed by atoms with Crippen LogP contribution >= 0.6 is 11.3 Å². The van der Waals surface area contributed by atoms with Crippen LogP contribution in [0.15, 0.2) is 45.6 Å². The molecule has 0 unspecified atom stereocenters. The third-order valence-electron chi connectivity index (χ3n) is 2.98. The average molecular weight is 356 g/mol. The topological polar surface area (TPSA) is 96.6 Å². The first-order valence-corrected chi connectivity index (χ1v) is 9.06. The molecule has 9 heteroatoms. The second-order valence-corrected chi connectivity index (χ2v) is 7.59. The number of halogens is 1. The van der Waals surface area contributed by atoms with Crippen LogP contribution in [0.4, 0.5) is 4.39 Å². The zero-order valence-electron chi connectivity index (χ0n) is 12.4. The number of nitrogens with zero attached hydrogens (tertiary/aromatic N) is 1. The van der Waals surface area contributed by atoms with E-state index in [0.29, 0.717) is 24.6 Å². The summed E-state index contributed by atoms with van der Waals surface area (Å²) in [6, 6.07) is 9.62. The Morgan fingerprint density at radius 3 is 2.52 bits per heavy atom. The number of benzene rings is 1. The highest BCUT2D eigenvalue weighted by molar-refractivity contribution is 7.91. The highest BCUT2D eigenvalue weighted by Crippen LogP contribution is 2.19. The summed E-state index contributed by atoms with van der Waals surface area (Å²) in [5, 5.41) is 11.1. The van der Waals surface area contributed by atoms with E-state index in [1.165, 1.54) is 12.1 Å². The Kier molecular flexibility index (Phi) is 5.69. The van der Waals surface area contributed by atoms with Gasteiger partial charge in [0.25, 0.3) is 0 Å². The molecule has 0 atom stereocenters. The Morgan fingerprint density at radius 1 is 1.22 bits per heavy atom. The van der Waals surface area contributed by atoms with E-state index in [1.54, 1.807) is 31.3 Å². The van der Waals surface area contributed by atoms with Gasteiger partial charge < -0.3 is 10.6 Å². The van der Waals surface area contributed by atoms with Crippen molar-refractivity contribution in [2.24, 2.45) is 10.1 Å². The fraction of sp³-hybridized carbons (Fsp3) is 0.214. The summed E-state index contributed by atoms with van der Waals surface area (Å²) in [6.45, 7) is 0.677. The molecule has 6 nitrogen and oxygen atoms in total. The number of thiophene rings is 1. The van der Waals surface area contributed by atoms with Crippen LogP contribution in [0.3, 0.4) is 0 Å². The Bertz CT molecular complexity index is 803. The number of guanidine groups is 1. The van der Waals surface area contributed by atoms with Gasteiger partial charge in [0.1, 0.15) is 10.0 Å². The van der Waals surface area contributed by atoms with Crippen LogP contribution in [0.1, 0.15) is 10.4 Å². The van der Waals surface area contributed by atoms with Crippen LogP contribution in [0.2, 0.25) is 0 Å². The van der Waals surface area contributed by atoms with Crippen LogP contribution < -0.4 is 15.8 Å². The van der Waals surface area contributed by atoms with E-state index in [4.69, 9.17) is 5.14 Å². The van der Waals surface area contributed by atoms with Crippen LogP contribution in [-0.4, -0.2) is 21.4 Å². The fourth-order valence-corrected chi connectivity index (χ4v) is 3.54. The van der Waals surface area contributed by atoms with Crippen molar-refractivity contribution in [3.05, 3.63) is 52.7 Å². The molecule has 0 saturated heterocycles. The zero-order chi connectivity index (χ0) is 16.9. The van der Waals surface area contributed by atoms with Crippen molar-refractivity contribution in [1.82, 2.24) is 10.6 Å². The minimum Gasteiger partial charge on any atom is -0.352 e. The predicted octanol–water partition coefficient (Wildman–Crippen LogP) is 1.40. The lowest BCUT2D eigenvalue weighted by Crippen LogP contribution is -2.36.